The minimum absolute atomic E-state index is 0.00950. The Morgan fingerprint density at radius 3 is 2.76 bits per heavy atom. The van der Waals surface area contributed by atoms with Crippen molar-refractivity contribution in [1.29, 1.82) is 0 Å². The van der Waals surface area contributed by atoms with Crippen LogP contribution in [0, 0.1) is 0 Å². The van der Waals surface area contributed by atoms with Crippen LogP contribution < -0.4 is 16.2 Å². The standard InChI is InChI=1S/C13H16ClN3O3S/c1-2-20-7-6-11(18)16-17-13(21)15-12(19)9-4-3-5-10(14)8-9/h3-5,8H,2,6-7H2,1H3,(H,16,18)(H2,15,17,19,21). The fourth-order valence-corrected chi connectivity index (χ4v) is 1.67. The molecule has 0 saturated carbocycles. The molecule has 21 heavy (non-hydrogen) atoms. The fraction of sp³-hybridized carbons (Fsp3) is 0.308. The molecule has 3 N–H and O–H groups in total. The van der Waals surface area contributed by atoms with Gasteiger partial charge in [-0.15, -0.1) is 0 Å². The summed E-state index contributed by atoms with van der Waals surface area (Å²) < 4.78 is 5.04. The quantitative estimate of drug-likeness (QED) is 0.432. The van der Waals surface area contributed by atoms with Crippen LogP contribution in [0.1, 0.15) is 23.7 Å². The number of amides is 2. The third-order valence-corrected chi connectivity index (χ3v) is 2.75. The molecule has 8 heteroatoms. The monoisotopic (exact) mass is 329 g/mol. The first-order chi connectivity index (χ1) is 10.0. The molecule has 0 atom stereocenters. The van der Waals surface area contributed by atoms with Crippen molar-refractivity contribution in [2.45, 2.75) is 13.3 Å². The number of halogens is 1. The predicted octanol–water partition coefficient (Wildman–Crippen LogP) is 1.40. The number of carbonyl (C=O) groups excluding carboxylic acids is 2. The number of benzene rings is 1. The summed E-state index contributed by atoms with van der Waals surface area (Å²) in [6, 6.07) is 6.43. The van der Waals surface area contributed by atoms with Crippen molar-refractivity contribution in [3.63, 3.8) is 0 Å². The Balaban J connectivity index is 2.33. The lowest BCUT2D eigenvalue weighted by Gasteiger charge is -2.10. The van der Waals surface area contributed by atoms with Gasteiger partial charge in [0, 0.05) is 17.2 Å². The van der Waals surface area contributed by atoms with Crippen molar-refractivity contribution in [2.24, 2.45) is 0 Å². The van der Waals surface area contributed by atoms with Crippen LogP contribution >= 0.6 is 23.8 Å². The van der Waals surface area contributed by atoms with Gasteiger partial charge in [-0.3, -0.25) is 25.8 Å². The van der Waals surface area contributed by atoms with Gasteiger partial charge in [-0.2, -0.15) is 0 Å². The first-order valence-corrected chi connectivity index (χ1v) is 7.05. The van der Waals surface area contributed by atoms with Gasteiger partial charge in [-0.05, 0) is 37.3 Å². The summed E-state index contributed by atoms with van der Waals surface area (Å²) in [6.07, 6.45) is 0.200. The van der Waals surface area contributed by atoms with E-state index in [0.717, 1.165) is 0 Å². The van der Waals surface area contributed by atoms with E-state index in [-0.39, 0.29) is 17.4 Å². The Labute approximate surface area is 133 Å². The molecule has 0 aliphatic carbocycles. The maximum absolute atomic E-state index is 11.8. The topological polar surface area (TPSA) is 79.5 Å². The van der Waals surface area contributed by atoms with Gasteiger partial charge in [-0.25, -0.2) is 0 Å². The number of thiocarbonyl (C=S) groups is 1. The molecule has 0 aliphatic rings. The van der Waals surface area contributed by atoms with Crippen LogP contribution in [0.15, 0.2) is 24.3 Å². The lowest BCUT2D eigenvalue weighted by Crippen LogP contribution is -2.48. The molecule has 0 saturated heterocycles. The minimum atomic E-state index is -0.418. The molecule has 1 aromatic carbocycles. The lowest BCUT2D eigenvalue weighted by atomic mass is 10.2. The summed E-state index contributed by atoms with van der Waals surface area (Å²) in [4.78, 5) is 23.2. The number of ether oxygens (including phenoxy) is 1. The van der Waals surface area contributed by atoms with Crippen molar-refractivity contribution in [2.75, 3.05) is 13.2 Å². The summed E-state index contributed by atoms with van der Waals surface area (Å²) in [5.41, 5.74) is 5.16. The summed E-state index contributed by atoms with van der Waals surface area (Å²) >= 11 is 10.7. The summed E-state index contributed by atoms with van der Waals surface area (Å²) in [5.74, 6) is -0.707. The van der Waals surface area contributed by atoms with E-state index in [9.17, 15) is 9.59 Å². The van der Waals surface area contributed by atoms with Crippen molar-refractivity contribution >= 4 is 40.7 Å². The van der Waals surface area contributed by atoms with Crippen molar-refractivity contribution in [3.8, 4) is 0 Å². The highest BCUT2D eigenvalue weighted by Gasteiger charge is 2.08. The average molecular weight is 330 g/mol. The number of hydrazine groups is 1. The SMILES string of the molecule is CCOCCC(=O)NNC(=S)NC(=O)c1cccc(Cl)c1. The molecule has 2 amide bonds. The zero-order chi connectivity index (χ0) is 15.7. The van der Waals surface area contributed by atoms with E-state index in [1.54, 1.807) is 18.2 Å². The first kappa shape index (κ1) is 17.4. The van der Waals surface area contributed by atoms with Gasteiger partial charge >= 0.3 is 0 Å². The molecule has 0 radical (unpaired) electrons. The van der Waals surface area contributed by atoms with Gasteiger partial charge in [0.1, 0.15) is 0 Å². The summed E-state index contributed by atoms with van der Waals surface area (Å²) in [6.45, 7) is 2.72. The maximum Gasteiger partial charge on any atom is 0.257 e. The van der Waals surface area contributed by atoms with Crippen LogP contribution in [0.5, 0.6) is 0 Å². The van der Waals surface area contributed by atoms with Gasteiger partial charge in [0.25, 0.3) is 5.91 Å². The Morgan fingerprint density at radius 1 is 1.33 bits per heavy atom. The molecule has 6 nitrogen and oxygen atoms in total. The summed E-state index contributed by atoms with van der Waals surface area (Å²) in [5, 5.41) is 2.86. The molecule has 0 fully saturated rings. The third-order valence-electron chi connectivity index (χ3n) is 2.31. The zero-order valence-electron chi connectivity index (χ0n) is 11.4. The second kappa shape index (κ2) is 9.28. The molecule has 0 aromatic heterocycles. The van der Waals surface area contributed by atoms with Crippen LogP contribution in [0.3, 0.4) is 0 Å². The van der Waals surface area contributed by atoms with E-state index in [2.05, 4.69) is 16.2 Å². The average Bonchev–Trinajstić information content (AvgIpc) is 2.45. The molecule has 0 aliphatic heterocycles. The number of nitrogens with one attached hydrogen (secondary N) is 3. The van der Waals surface area contributed by atoms with Crippen LogP contribution in [-0.4, -0.2) is 30.1 Å². The molecule has 0 heterocycles. The van der Waals surface area contributed by atoms with Crippen molar-refractivity contribution in [1.82, 2.24) is 16.2 Å². The van der Waals surface area contributed by atoms with Crippen molar-refractivity contribution in [3.05, 3.63) is 34.9 Å². The molecule has 0 spiro atoms. The number of hydrogen-bond acceptors (Lipinski definition) is 4. The van der Waals surface area contributed by atoms with Gasteiger partial charge in [0.05, 0.1) is 13.0 Å². The Bertz CT molecular complexity index is 525. The normalized spacial score (nSPS) is 9.81. The molecular weight excluding hydrogens is 314 g/mol. The van der Waals surface area contributed by atoms with Gasteiger partial charge < -0.3 is 4.74 Å². The van der Waals surface area contributed by atoms with E-state index < -0.39 is 5.91 Å². The second-order valence-corrected chi connectivity index (χ2v) is 4.76. The molecule has 1 aromatic rings. The smallest absolute Gasteiger partial charge is 0.257 e. The number of carbonyl (C=O) groups is 2. The van der Waals surface area contributed by atoms with Crippen LogP contribution in [-0.2, 0) is 9.53 Å². The molecule has 0 bridgehead atoms. The Kier molecular flexibility index (Phi) is 7.66. The highest BCUT2D eigenvalue weighted by atomic mass is 35.5. The Hall–Kier alpha value is -1.70. The molecule has 114 valence electrons. The van der Waals surface area contributed by atoms with Gasteiger partial charge in [0.15, 0.2) is 5.11 Å². The first-order valence-electron chi connectivity index (χ1n) is 6.26. The van der Waals surface area contributed by atoms with Crippen LogP contribution in [0.2, 0.25) is 5.02 Å². The second-order valence-electron chi connectivity index (χ2n) is 3.91. The summed E-state index contributed by atoms with van der Waals surface area (Å²) in [7, 11) is 0. The van der Waals surface area contributed by atoms with Crippen LogP contribution in [0.4, 0.5) is 0 Å². The molecular formula is C13H16ClN3O3S. The Morgan fingerprint density at radius 2 is 2.10 bits per heavy atom. The highest BCUT2D eigenvalue weighted by Crippen LogP contribution is 2.10. The lowest BCUT2D eigenvalue weighted by molar-refractivity contribution is -0.122. The fourth-order valence-electron chi connectivity index (χ4n) is 1.33. The van der Waals surface area contributed by atoms with E-state index in [4.69, 9.17) is 28.6 Å². The molecule has 0 unspecified atom stereocenters. The van der Waals surface area contributed by atoms with Crippen LogP contribution in [0.25, 0.3) is 0 Å². The van der Waals surface area contributed by atoms with Crippen molar-refractivity contribution < 1.29 is 14.3 Å². The van der Waals surface area contributed by atoms with Gasteiger partial charge in [-0.1, -0.05) is 17.7 Å². The predicted molar refractivity (Wildman–Crippen MR) is 83.9 cm³/mol. The van der Waals surface area contributed by atoms with E-state index in [1.807, 2.05) is 6.92 Å². The van der Waals surface area contributed by atoms with E-state index >= 15 is 0 Å². The zero-order valence-corrected chi connectivity index (χ0v) is 13.0. The molecule has 1 rings (SSSR count). The van der Waals surface area contributed by atoms with E-state index in [1.165, 1.54) is 6.07 Å². The highest BCUT2D eigenvalue weighted by molar-refractivity contribution is 7.80. The maximum atomic E-state index is 11.8. The minimum Gasteiger partial charge on any atom is -0.381 e. The van der Waals surface area contributed by atoms with Gasteiger partial charge in [0.2, 0.25) is 5.91 Å². The third kappa shape index (κ3) is 7.03. The van der Waals surface area contributed by atoms with E-state index in [0.29, 0.717) is 23.8 Å². The number of rotatable bonds is 5. The number of hydrogen-bond donors (Lipinski definition) is 3. The largest absolute Gasteiger partial charge is 0.381 e.